The Morgan fingerprint density at radius 3 is 2.40 bits per heavy atom. The third kappa shape index (κ3) is 4.34. The Bertz CT molecular complexity index is 808. The Hall–Kier alpha value is -2.46. The first-order chi connectivity index (χ1) is 12.2. The third-order valence-electron chi connectivity index (χ3n) is 4.17. The fourth-order valence-electron chi connectivity index (χ4n) is 2.56. The summed E-state index contributed by atoms with van der Waals surface area (Å²) >= 11 is 0. The predicted octanol–water partition coefficient (Wildman–Crippen LogP) is 5.08. The zero-order valence-corrected chi connectivity index (χ0v) is 15.0. The molecule has 1 atom stereocenters. The highest BCUT2D eigenvalue weighted by Crippen LogP contribution is 2.25. The van der Waals surface area contributed by atoms with Gasteiger partial charge < -0.3 is 19.2 Å². The molecule has 0 bridgehead atoms. The second kappa shape index (κ2) is 8.08. The molecule has 3 aromatic rings. The van der Waals surface area contributed by atoms with Crippen LogP contribution in [0.5, 0.6) is 11.5 Å². The van der Waals surface area contributed by atoms with Crippen molar-refractivity contribution in [1.82, 2.24) is 5.32 Å². The molecule has 0 amide bonds. The quantitative estimate of drug-likeness (QED) is 0.621. The summed E-state index contributed by atoms with van der Waals surface area (Å²) in [5, 5.41) is 4.30. The van der Waals surface area contributed by atoms with Crippen LogP contribution in [-0.4, -0.2) is 13.7 Å². The third-order valence-corrected chi connectivity index (χ3v) is 4.17. The summed E-state index contributed by atoms with van der Waals surface area (Å²) in [6, 6.07) is 16.2. The summed E-state index contributed by atoms with van der Waals surface area (Å²) in [7, 11) is 1.93. The molecule has 25 heavy (non-hydrogen) atoms. The van der Waals surface area contributed by atoms with Gasteiger partial charge in [0.15, 0.2) is 0 Å². The van der Waals surface area contributed by atoms with E-state index in [1.807, 2.05) is 37.4 Å². The Balaban J connectivity index is 1.64. The summed E-state index contributed by atoms with van der Waals surface area (Å²) in [5.74, 6) is 2.64. The number of hydrogen-bond acceptors (Lipinski definition) is 4. The van der Waals surface area contributed by atoms with Gasteiger partial charge in [-0.3, -0.25) is 0 Å². The molecule has 1 N–H and O–H groups in total. The van der Waals surface area contributed by atoms with Gasteiger partial charge in [0.25, 0.3) is 0 Å². The van der Waals surface area contributed by atoms with E-state index in [2.05, 4.69) is 37.4 Å². The Kier molecular flexibility index (Phi) is 5.61. The van der Waals surface area contributed by atoms with Crippen LogP contribution in [0.25, 0.3) is 11.0 Å². The zero-order valence-electron chi connectivity index (χ0n) is 15.0. The number of fused-ring (bicyclic) bond motifs is 1. The molecule has 0 saturated heterocycles. The summed E-state index contributed by atoms with van der Waals surface area (Å²) in [4.78, 5) is 0. The lowest BCUT2D eigenvalue weighted by Gasteiger charge is -2.08. The minimum Gasteiger partial charge on any atom is -0.494 e. The van der Waals surface area contributed by atoms with Gasteiger partial charge in [0.1, 0.15) is 29.4 Å². The number of ether oxygens (including phenoxy) is 2. The molecule has 0 aliphatic heterocycles. The van der Waals surface area contributed by atoms with Gasteiger partial charge in [-0.25, -0.2) is 0 Å². The van der Waals surface area contributed by atoms with Crippen LogP contribution in [0.2, 0.25) is 0 Å². The highest BCUT2D eigenvalue weighted by molar-refractivity contribution is 5.78. The topological polar surface area (TPSA) is 43.6 Å². The fourth-order valence-corrected chi connectivity index (χ4v) is 2.56. The van der Waals surface area contributed by atoms with Gasteiger partial charge in [-0.1, -0.05) is 19.1 Å². The molecule has 4 nitrogen and oxygen atoms in total. The average Bonchev–Trinajstić information content (AvgIpc) is 3.08. The standard InChI is InChI=1S/C21H25NO3/c1-4-11-23-18-7-9-19(10-8-18)24-14-16-5-6-17-13-20(15(2)22-3)25-21(17)12-16/h5-10,12-13,15,22H,4,11,14H2,1-3H3. The van der Waals surface area contributed by atoms with Crippen LogP contribution in [0, 0.1) is 0 Å². The Labute approximate surface area is 148 Å². The van der Waals surface area contributed by atoms with Gasteiger partial charge in [-0.2, -0.15) is 0 Å². The number of nitrogens with one attached hydrogen (secondary N) is 1. The van der Waals surface area contributed by atoms with Crippen LogP contribution in [-0.2, 0) is 6.61 Å². The molecule has 1 heterocycles. The van der Waals surface area contributed by atoms with Crippen LogP contribution in [0.4, 0.5) is 0 Å². The zero-order chi connectivity index (χ0) is 17.6. The van der Waals surface area contributed by atoms with Gasteiger partial charge in [0.2, 0.25) is 0 Å². The van der Waals surface area contributed by atoms with Crippen molar-refractivity contribution in [3.05, 3.63) is 59.9 Å². The normalized spacial score (nSPS) is 12.3. The highest BCUT2D eigenvalue weighted by Gasteiger charge is 2.10. The lowest BCUT2D eigenvalue weighted by Crippen LogP contribution is -2.10. The van der Waals surface area contributed by atoms with Crippen molar-refractivity contribution in [2.45, 2.75) is 32.9 Å². The summed E-state index contributed by atoms with van der Waals surface area (Å²) in [6.45, 7) is 5.41. The SMILES string of the molecule is CCCOc1ccc(OCc2ccc3cc(C(C)NC)oc3c2)cc1. The first kappa shape index (κ1) is 17.4. The summed E-state index contributed by atoms with van der Waals surface area (Å²) < 4.78 is 17.4. The van der Waals surface area contributed by atoms with E-state index in [1.54, 1.807) is 0 Å². The first-order valence-electron chi connectivity index (χ1n) is 8.75. The van der Waals surface area contributed by atoms with Crippen molar-refractivity contribution in [2.24, 2.45) is 0 Å². The van der Waals surface area contributed by atoms with E-state index >= 15 is 0 Å². The molecule has 1 unspecified atom stereocenters. The molecule has 0 radical (unpaired) electrons. The van der Waals surface area contributed by atoms with E-state index in [4.69, 9.17) is 13.9 Å². The first-order valence-corrected chi connectivity index (χ1v) is 8.75. The van der Waals surface area contributed by atoms with Crippen molar-refractivity contribution in [3.63, 3.8) is 0 Å². The highest BCUT2D eigenvalue weighted by atomic mass is 16.5. The van der Waals surface area contributed by atoms with Gasteiger partial charge in [-0.15, -0.1) is 0 Å². The molecule has 3 rings (SSSR count). The maximum Gasteiger partial charge on any atom is 0.134 e. The second-order valence-corrected chi connectivity index (χ2v) is 6.14. The molecule has 4 heteroatoms. The van der Waals surface area contributed by atoms with Crippen molar-refractivity contribution in [1.29, 1.82) is 0 Å². The van der Waals surface area contributed by atoms with Crippen LogP contribution in [0.1, 0.15) is 37.6 Å². The van der Waals surface area contributed by atoms with E-state index in [0.717, 1.165) is 46.8 Å². The monoisotopic (exact) mass is 339 g/mol. The minimum atomic E-state index is 0.195. The average molecular weight is 339 g/mol. The van der Waals surface area contributed by atoms with Crippen LogP contribution in [0.15, 0.2) is 52.9 Å². The Morgan fingerprint density at radius 1 is 1.00 bits per heavy atom. The van der Waals surface area contributed by atoms with Crippen molar-refractivity contribution < 1.29 is 13.9 Å². The van der Waals surface area contributed by atoms with Gasteiger partial charge in [0, 0.05) is 5.39 Å². The number of furan rings is 1. The van der Waals surface area contributed by atoms with Crippen molar-refractivity contribution in [2.75, 3.05) is 13.7 Å². The maximum absolute atomic E-state index is 5.93. The molecular weight excluding hydrogens is 314 g/mol. The number of rotatable bonds is 8. The Morgan fingerprint density at radius 2 is 1.72 bits per heavy atom. The number of benzene rings is 2. The van der Waals surface area contributed by atoms with Gasteiger partial charge >= 0.3 is 0 Å². The maximum atomic E-state index is 5.93. The van der Waals surface area contributed by atoms with E-state index in [1.165, 1.54) is 0 Å². The molecule has 2 aromatic carbocycles. The summed E-state index contributed by atoms with van der Waals surface area (Å²) in [5.41, 5.74) is 1.97. The molecule has 0 spiro atoms. The molecule has 0 aliphatic carbocycles. The molecule has 1 aromatic heterocycles. The molecule has 132 valence electrons. The smallest absolute Gasteiger partial charge is 0.134 e. The van der Waals surface area contributed by atoms with Crippen molar-refractivity contribution in [3.8, 4) is 11.5 Å². The van der Waals surface area contributed by atoms with E-state index < -0.39 is 0 Å². The second-order valence-electron chi connectivity index (χ2n) is 6.14. The van der Waals surface area contributed by atoms with Gasteiger partial charge in [-0.05, 0) is 62.4 Å². The van der Waals surface area contributed by atoms with Crippen molar-refractivity contribution >= 4 is 11.0 Å². The summed E-state index contributed by atoms with van der Waals surface area (Å²) in [6.07, 6.45) is 1.00. The van der Waals surface area contributed by atoms with E-state index in [9.17, 15) is 0 Å². The fraction of sp³-hybridized carbons (Fsp3) is 0.333. The molecule has 0 aliphatic rings. The van der Waals surface area contributed by atoms with Crippen LogP contribution in [0.3, 0.4) is 0 Å². The van der Waals surface area contributed by atoms with Crippen LogP contribution < -0.4 is 14.8 Å². The largest absolute Gasteiger partial charge is 0.494 e. The lowest BCUT2D eigenvalue weighted by atomic mass is 10.1. The number of hydrogen-bond donors (Lipinski definition) is 1. The van der Waals surface area contributed by atoms with Crippen LogP contribution >= 0.6 is 0 Å². The molecular formula is C21H25NO3. The van der Waals surface area contributed by atoms with E-state index in [0.29, 0.717) is 6.61 Å². The molecule has 0 saturated carbocycles. The lowest BCUT2D eigenvalue weighted by molar-refractivity contribution is 0.301. The minimum absolute atomic E-state index is 0.195. The van der Waals surface area contributed by atoms with Gasteiger partial charge in [0.05, 0.1) is 12.6 Å². The molecule has 0 fully saturated rings. The predicted molar refractivity (Wildman–Crippen MR) is 100 cm³/mol. The van der Waals surface area contributed by atoms with E-state index in [-0.39, 0.29) is 6.04 Å².